The molecule has 5 nitrogen and oxygen atoms in total. The molecule has 0 amide bonds. The normalized spacial score (nSPS) is 10.9. The van der Waals surface area contributed by atoms with Crippen molar-refractivity contribution in [3.8, 4) is 11.6 Å². The van der Waals surface area contributed by atoms with Crippen LogP contribution in [0.5, 0.6) is 0 Å². The van der Waals surface area contributed by atoms with Crippen molar-refractivity contribution >= 4 is 27.4 Å². The summed E-state index contributed by atoms with van der Waals surface area (Å²) in [6.45, 7) is 4.19. The molecule has 0 unspecified atom stereocenters. The SMILES string of the molecule is CNc1nc(-c2ncccn2)nc2sc(C)c(C)c12. The van der Waals surface area contributed by atoms with E-state index in [1.54, 1.807) is 29.8 Å². The Labute approximate surface area is 114 Å². The van der Waals surface area contributed by atoms with Gasteiger partial charge in [-0.15, -0.1) is 11.3 Å². The summed E-state index contributed by atoms with van der Waals surface area (Å²) >= 11 is 1.67. The van der Waals surface area contributed by atoms with Crippen molar-refractivity contribution < 1.29 is 0 Å². The minimum Gasteiger partial charge on any atom is -0.372 e. The number of aromatic nitrogens is 4. The van der Waals surface area contributed by atoms with Crippen LogP contribution in [-0.2, 0) is 0 Å². The number of hydrogen-bond acceptors (Lipinski definition) is 6. The molecule has 3 heterocycles. The molecule has 19 heavy (non-hydrogen) atoms. The van der Waals surface area contributed by atoms with Gasteiger partial charge in [0.1, 0.15) is 10.6 Å². The van der Waals surface area contributed by atoms with Crippen LogP contribution >= 0.6 is 11.3 Å². The second-order valence-corrected chi connectivity index (χ2v) is 5.38. The number of aryl methyl sites for hydroxylation is 2. The lowest BCUT2D eigenvalue weighted by molar-refractivity contribution is 1.10. The van der Waals surface area contributed by atoms with Crippen LogP contribution in [0.4, 0.5) is 5.82 Å². The van der Waals surface area contributed by atoms with Gasteiger partial charge in [-0.3, -0.25) is 0 Å². The zero-order chi connectivity index (χ0) is 13.4. The third-order valence-corrected chi connectivity index (χ3v) is 4.13. The van der Waals surface area contributed by atoms with E-state index in [4.69, 9.17) is 0 Å². The Morgan fingerprint density at radius 2 is 1.79 bits per heavy atom. The fourth-order valence-corrected chi connectivity index (χ4v) is 2.97. The molecule has 3 aromatic heterocycles. The van der Waals surface area contributed by atoms with Crippen molar-refractivity contribution in [1.29, 1.82) is 0 Å². The van der Waals surface area contributed by atoms with E-state index >= 15 is 0 Å². The van der Waals surface area contributed by atoms with E-state index in [0.29, 0.717) is 11.6 Å². The van der Waals surface area contributed by atoms with E-state index in [2.05, 4.69) is 39.1 Å². The third-order valence-electron chi connectivity index (χ3n) is 3.03. The minimum absolute atomic E-state index is 0.546. The third kappa shape index (κ3) is 1.94. The summed E-state index contributed by atoms with van der Waals surface area (Å²) in [5.74, 6) is 1.93. The van der Waals surface area contributed by atoms with Crippen LogP contribution in [0.1, 0.15) is 10.4 Å². The van der Waals surface area contributed by atoms with Gasteiger partial charge in [0, 0.05) is 24.3 Å². The molecule has 0 bridgehead atoms. The van der Waals surface area contributed by atoms with Crippen molar-refractivity contribution in [2.75, 3.05) is 12.4 Å². The number of fused-ring (bicyclic) bond motifs is 1. The summed E-state index contributed by atoms with van der Waals surface area (Å²) in [6, 6.07) is 1.78. The summed E-state index contributed by atoms with van der Waals surface area (Å²) in [6.07, 6.45) is 3.39. The highest BCUT2D eigenvalue weighted by atomic mass is 32.1. The first-order chi connectivity index (χ1) is 9.20. The molecule has 0 aliphatic carbocycles. The van der Waals surface area contributed by atoms with Gasteiger partial charge in [-0.1, -0.05) is 0 Å². The Morgan fingerprint density at radius 3 is 2.47 bits per heavy atom. The highest BCUT2D eigenvalue weighted by molar-refractivity contribution is 7.18. The van der Waals surface area contributed by atoms with Gasteiger partial charge in [-0.25, -0.2) is 19.9 Å². The molecule has 0 aliphatic rings. The Hall–Kier alpha value is -2.08. The summed E-state index contributed by atoms with van der Waals surface area (Å²) in [5, 5.41) is 4.22. The van der Waals surface area contributed by atoms with E-state index in [1.165, 1.54) is 10.4 Å². The largest absolute Gasteiger partial charge is 0.372 e. The standard InChI is InChI=1S/C13H13N5S/c1-7-8(2)19-13-9(7)10(14-3)17-12(18-13)11-15-5-4-6-16-11/h4-6H,1-3H3,(H,14,17,18). The molecule has 3 aromatic rings. The summed E-state index contributed by atoms with van der Waals surface area (Å²) < 4.78 is 0. The maximum absolute atomic E-state index is 4.58. The molecule has 0 radical (unpaired) electrons. The molecular formula is C13H13N5S. The zero-order valence-corrected chi connectivity index (χ0v) is 11.7. The highest BCUT2D eigenvalue weighted by Crippen LogP contribution is 2.34. The van der Waals surface area contributed by atoms with Crippen molar-refractivity contribution in [2.24, 2.45) is 0 Å². The van der Waals surface area contributed by atoms with Crippen LogP contribution in [0.25, 0.3) is 21.9 Å². The first-order valence-electron chi connectivity index (χ1n) is 5.93. The van der Waals surface area contributed by atoms with Crippen molar-refractivity contribution in [2.45, 2.75) is 13.8 Å². The number of hydrogen-bond donors (Lipinski definition) is 1. The lowest BCUT2D eigenvalue weighted by atomic mass is 10.2. The van der Waals surface area contributed by atoms with Gasteiger partial charge in [0.05, 0.1) is 5.39 Å². The molecule has 0 saturated carbocycles. The maximum atomic E-state index is 4.58. The maximum Gasteiger partial charge on any atom is 0.201 e. The first kappa shape index (κ1) is 12.0. The molecular weight excluding hydrogens is 258 g/mol. The van der Waals surface area contributed by atoms with Crippen LogP contribution in [-0.4, -0.2) is 27.0 Å². The van der Waals surface area contributed by atoms with Gasteiger partial charge in [-0.2, -0.15) is 0 Å². The Balaban J connectivity index is 2.29. The van der Waals surface area contributed by atoms with Crippen LogP contribution < -0.4 is 5.32 Å². The Morgan fingerprint density at radius 1 is 1.05 bits per heavy atom. The average Bonchev–Trinajstić information content (AvgIpc) is 2.74. The van der Waals surface area contributed by atoms with E-state index in [1.807, 2.05) is 7.05 Å². The Kier molecular flexibility index (Phi) is 2.87. The van der Waals surface area contributed by atoms with E-state index in [9.17, 15) is 0 Å². The number of rotatable bonds is 2. The second-order valence-electron chi connectivity index (χ2n) is 4.18. The van der Waals surface area contributed by atoms with E-state index in [0.717, 1.165) is 16.0 Å². The van der Waals surface area contributed by atoms with Gasteiger partial charge in [0.25, 0.3) is 0 Å². The smallest absolute Gasteiger partial charge is 0.201 e. The molecule has 0 saturated heterocycles. The fourth-order valence-electron chi connectivity index (χ4n) is 1.95. The molecule has 3 rings (SSSR count). The average molecular weight is 271 g/mol. The summed E-state index contributed by atoms with van der Waals surface area (Å²) in [4.78, 5) is 19.7. The van der Waals surface area contributed by atoms with Crippen LogP contribution in [0.15, 0.2) is 18.5 Å². The number of anilines is 1. The molecule has 0 aromatic carbocycles. The van der Waals surface area contributed by atoms with E-state index in [-0.39, 0.29) is 0 Å². The highest BCUT2D eigenvalue weighted by Gasteiger charge is 2.15. The monoisotopic (exact) mass is 271 g/mol. The lowest BCUT2D eigenvalue weighted by Gasteiger charge is -2.05. The summed E-state index contributed by atoms with van der Waals surface area (Å²) in [7, 11) is 1.86. The van der Waals surface area contributed by atoms with Gasteiger partial charge in [0.2, 0.25) is 5.82 Å². The van der Waals surface area contributed by atoms with Crippen LogP contribution in [0, 0.1) is 13.8 Å². The molecule has 0 fully saturated rings. The molecule has 96 valence electrons. The minimum atomic E-state index is 0.546. The predicted octanol–water partition coefficient (Wildman–Crippen LogP) is 2.81. The molecule has 1 N–H and O–H groups in total. The van der Waals surface area contributed by atoms with Gasteiger partial charge < -0.3 is 5.32 Å². The van der Waals surface area contributed by atoms with Crippen molar-refractivity contribution in [3.05, 3.63) is 28.9 Å². The molecule has 6 heteroatoms. The van der Waals surface area contributed by atoms with Crippen LogP contribution in [0.3, 0.4) is 0 Å². The number of nitrogens with zero attached hydrogens (tertiary/aromatic N) is 4. The lowest BCUT2D eigenvalue weighted by Crippen LogP contribution is -2.00. The fraction of sp³-hybridized carbons (Fsp3) is 0.231. The van der Waals surface area contributed by atoms with Crippen molar-refractivity contribution in [3.63, 3.8) is 0 Å². The van der Waals surface area contributed by atoms with Gasteiger partial charge in [-0.05, 0) is 25.5 Å². The molecule has 0 spiro atoms. The summed E-state index contributed by atoms with van der Waals surface area (Å²) in [5.41, 5.74) is 1.23. The molecule has 0 aliphatic heterocycles. The van der Waals surface area contributed by atoms with Crippen molar-refractivity contribution in [1.82, 2.24) is 19.9 Å². The number of nitrogens with one attached hydrogen (secondary N) is 1. The van der Waals surface area contributed by atoms with E-state index < -0.39 is 0 Å². The first-order valence-corrected chi connectivity index (χ1v) is 6.75. The van der Waals surface area contributed by atoms with Crippen LogP contribution in [0.2, 0.25) is 0 Å². The molecule has 0 atom stereocenters. The van der Waals surface area contributed by atoms with Gasteiger partial charge >= 0.3 is 0 Å². The number of thiophene rings is 1. The van der Waals surface area contributed by atoms with Gasteiger partial charge in [0.15, 0.2) is 5.82 Å². The second kappa shape index (κ2) is 4.55. The Bertz CT molecular complexity index is 736. The zero-order valence-electron chi connectivity index (χ0n) is 10.9. The quantitative estimate of drug-likeness (QED) is 0.776. The topological polar surface area (TPSA) is 63.6 Å². The predicted molar refractivity (Wildman–Crippen MR) is 77.5 cm³/mol.